The van der Waals surface area contributed by atoms with Crippen LogP contribution < -0.4 is 5.32 Å². The van der Waals surface area contributed by atoms with Crippen molar-refractivity contribution in [2.45, 2.75) is 53.7 Å². The molecule has 2 rings (SSSR count). The van der Waals surface area contributed by atoms with Crippen LogP contribution in [0.1, 0.15) is 32.6 Å². The van der Waals surface area contributed by atoms with Gasteiger partial charge >= 0.3 is 0 Å². The van der Waals surface area contributed by atoms with E-state index in [9.17, 15) is 8.42 Å². The summed E-state index contributed by atoms with van der Waals surface area (Å²) in [6.45, 7) is 2.27. The number of benzene rings is 1. The first-order valence-corrected chi connectivity index (χ1v) is 10.3. The van der Waals surface area contributed by atoms with Crippen molar-refractivity contribution in [1.29, 1.82) is 0 Å². The van der Waals surface area contributed by atoms with Gasteiger partial charge in [-0.3, -0.25) is 0 Å². The van der Waals surface area contributed by atoms with E-state index in [0.29, 0.717) is 16.2 Å². The van der Waals surface area contributed by atoms with Crippen molar-refractivity contribution >= 4 is 21.6 Å². The zero-order valence-electron chi connectivity index (χ0n) is 13.0. The lowest BCUT2D eigenvalue weighted by Gasteiger charge is -2.35. The SMILES string of the molecule is CCC1CCC(NC)C(Sc2ccc(S(C)(=O)=O)cc2)C1. The van der Waals surface area contributed by atoms with E-state index in [4.69, 9.17) is 0 Å². The number of hydrogen-bond donors (Lipinski definition) is 1. The van der Waals surface area contributed by atoms with Crippen LogP contribution in [0.4, 0.5) is 0 Å². The van der Waals surface area contributed by atoms with E-state index in [0.717, 1.165) is 10.8 Å². The maximum absolute atomic E-state index is 11.5. The second-order valence-electron chi connectivity index (χ2n) is 5.88. The summed E-state index contributed by atoms with van der Waals surface area (Å²) in [7, 11) is -1.06. The van der Waals surface area contributed by atoms with Gasteiger partial charge in [0, 0.05) is 22.4 Å². The monoisotopic (exact) mass is 327 g/mol. The largest absolute Gasteiger partial charge is 0.316 e. The minimum absolute atomic E-state index is 0.395. The summed E-state index contributed by atoms with van der Waals surface area (Å²) >= 11 is 1.88. The number of nitrogens with one attached hydrogen (secondary N) is 1. The van der Waals surface area contributed by atoms with Crippen LogP contribution in [0.5, 0.6) is 0 Å². The van der Waals surface area contributed by atoms with E-state index in [-0.39, 0.29) is 0 Å². The Bertz CT molecular complexity index is 554. The first-order chi connectivity index (χ1) is 9.94. The van der Waals surface area contributed by atoms with Gasteiger partial charge < -0.3 is 5.32 Å². The molecule has 5 heteroatoms. The van der Waals surface area contributed by atoms with Crippen LogP contribution in [0.15, 0.2) is 34.1 Å². The van der Waals surface area contributed by atoms with Crippen LogP contribution in [-0.4, -0.2) is 33.0 Å². The lowest BCUT2D eigenvalue weighted by atomic mass is 9.84. The first-order valence-electron chi connectivity index (χ1n) is 7.58. The first kappa shape index (κ1) is 16.8. The fourth-order valence-corrected chi connectivity index (χ4v) is 5.06. The molecule has 0 radical (unpaired) electrons. The molecule has 1 saturated carbocycles. The highest BCUT2D eigenvalue weighted by molar-refractivity contribution is 8.00. The molecule has 1 N–H and O–H groups in total. The Morgan fingerprint density at radius 2 is 1.90 bits per heavy atom. The highest BCUT2D eigenvalue weighted by atomic mass is 32.2. The van der Waals surface area contributed by atoms with Crippen LogP contribution in [0.2, 0.25) is 0 Å². The zero-order valence-corrected chi connectivity index (χ0v) is 14.6. The second kappa shape index (κ2) is 7.16. The predicted molar refractivity (Wildman–Crippen MR) is 89.7 cm³/mol. The Labute approximate surface area is 132 Å². The normalized spacial score (nSPS) is 26.7. The van der Waals surface area contributed by atoms with E-state index >= 15 is 0 Å². The lowest BCUT2D eigenvalue weighted by Crippen LogP contribution is -2.40. The predicted octanol–water partition coefficient (Wildman–Crippen LogP) is 3.35. The molecule has 0 amide bonds. The van der Waals surface area contributed by atoms with Gasteiger partial charge in [0.25, 0.3) is 0 Å². The van der Waals surface area contributed by atoms with Crippen molar-refractivity contribution in [3.8, 4) is 0 Å². The maximum Gasteiger partial charge on any atom is 0.175 e. The topological polar surface area (TPSA) is 46.2 Å². The fourth-order valence-electron chi connectivity index (χ4n) is 2.98. The Kier molecular flexibility index (Phi) is 5.74. The van der Waals surface area contributed by atoms with E-state index in [1.54, 1.807) is 12.1 Å². The smallest absolute Gasteiger partial charge is 0.175 e. The summed E-state index contributed by atoms with van der Waals surface area (Å²) in [5, 5.41) is 4.01. The lowest BCUT2D eigenvalue weighted by molar-refractivity contribution is 0.304. The van der Waals surface area contributed by atoms with Gasteiger partial charge in [-0.05, 0) is 56.5 Å². The molecule has 1 aliphatic rings. The summed E-state index contributed by atoms with van der Waals surface area (Å²) in [6, 6.07) is 7.85. The molecule has 0 aromatic heterocycles. The summed E-state index contributed by atoms with van der Waals surface area (Å²) in [5.74, 6) is 0.822. The van der Waals surface area contributed by atoms with Crippen molar-refractivity contribution in [2.24, 2.45) is 5.92 Å². The van der Waals surface area contributed by atoms with Crippen LogP contribution >= 0.6 is 11.8 Å². The highest BCUT2D eigenvalue weighted by Gasteiger charge is 2.29. The molecule has 1 aliphatic carbocycles. The minimum Gasteiger partial charge on any atom is -0.316 e. The molecule has 1 fully saturated rings. The quantitative estimate of drug-likeness (QED) is 0.901. The van der Waals surface area contributed by atoms with Crippen molar-refractivity contribution in [3.63, 3.8) is 0 Å². The second-order valence-corrected chi connectivity index (χ2v) is 9.21. The molecule has 0 aliphatic heterocycles. The molecule has 0 spiro atoms. The van der Waals surface area contributed by atoms with Crippen LogP contribution in [-0.2, 0) is 9.84 Å². The minimum atomic E-state index is -3.10. The summed E-state index contributed by atoms with van der Waals surface area (Å²) in [4.78, 5) is 1.55. The molecular formula is C16H25NO2S2. The van der Waals surface area contributed by atoms with Gasteiger partial charge in [0.15, 0.2) is 9.84 Å². The van der Waals surface area contributed by atoms with Gasteiger partial charge in [-0.1, -0.05) is 13.3 Å². The number of rotatable bonds is 5. The molecule has 3 atom stereocenters. The van der Waals surface area contributed by atoms with Gasteiger partial charge in [-0.25, -0.2) is 8.42 Å². The third kappa shape index (κ3) is 4.47. The summed E-state index contributed by atoms with van der Waals surface area (Å²) in [5.41, 5.74) is 0. The van der Waals surface area contributed by atoms with Crippen LogP contribution in [0.25, 0.3) is 0 Å². The Morgan fingerprint density at radius 3 is 2.43 bits per heavy atom. The number of hydrogen-bond acceptors (Lipinski definition) is 4. The number of thioether (sulfide) groups is 1. The average molecular weight is 328 g/mol. The fraction of sp³-hybridized carbons (Fsp3) is 0.625. The number of sulfone groups is 1. The van der Waals surface area contributed by atoms with Gasteiger partial charge in [0.2, 0.25) is 0 Å². The molecule has 3 nitrogen and oxygen atoms in total. The van der Waals surface area contributed by atoms with E-state index < -0.39 is 9.84 Å². The third-order valence-corrected chi connectivity index (χ3v) is 6.88. The molecular weight excluding hydrogens is 302 g/mol. The van der Waals surface area contributed by atoms with Gasteiger partial charge in [-0.15, -0.1) is 11.8 Å². The molecule has 1 aromatic carbocycles. The Balaban J connectivity index is 2.08. The molecule has 3 unspecified atom stereocenters. The molecule has 118 valence electrons. The highest BCUT2D eigenvalue weighted by Crippen LogP contribution is 2.37. The average Bonchev–Trinajstić information content (AvgIpc) is 2.46. The maximum atomic E-state index is 11.5. The van der Waals surface area contributed by atoms with Crippen molar-refractivity contribution in [1.82, 2.24) is 5.32 Å². The summed E-state index contributed by atoms with van der Waals surface area (Å²) < 4.78 is 23.0. The Morgan fingerprint density at radius 1 is 1.24 bits per heavy atom. The van der Waals surface area contributed by atoms with Crippen molar-refractivity contribution in [3.05, 3.63) is 24.3 Å². The zero-order chi connectivity index (χ0) is 15.5. The van der Waals surface area contributed by atoms with E-state index in [1.165, 1.54) is 31.9 Å². The van der Waals surface area contributed by atoms with Crippen molar-refractivity contribution in [2.75, 3.05) is 13.3 Å². The van der Waals surface area contributed by atoms with Crippen LogP contribution in [0.3, 0.4) is 0 Å². The van der Waals surface area contributed by atoms with E-state index in [1.807, 2.05) is 30.9 Å². The standard InChI is InChI=1S/C16H25NO2S2/c1-4-12-5-10-15(17-2)16(11-12)20-13-6-8-14(9-7-13)21(3,18)19/h6-9,12,15-17H,4-5,10-11H2,1-3H3. The van der Waals surface area contributed by atoms with E-state index in [2.05, 4.69) is 12.2 Å². The molecule has 0 heterocycles. The molecule has 21 heavy (non-hydrogen) atoms. The van der Waals surface area contributed by atoms with Gasteiger partial charge in [0.1, 0.15) is 0 Å². The van der Waals surface area contributed by atoms with Gasteiger partial charge in [-0.2, -0.15) is 0 Å². The summed E-state index contributed by atoms with van der Waals surface area (Å²) in [6.07, 6.45) is 6.28. The van der Waals surface area contributed by atoms with Crippen LogP contribution in [0, 0.1) is 5.92 Å². The Hall–Kier alpha value is -0.520. The third-order valence-electron chi connectivity index (χ3n) is 4.39. The molecule has 1 aromatic rings. The molecule has 0 bridgehead atoms. The molecule has 0 saturated heterocycles. The van der Waals surface area contributed by atoms with Crippen molar-refractivity contribution < 1.29 is 8.42 Å². The van der Waals surface area contributed by atoms with Gasteiger partial charge in [0.05, 0.1) is 4.90 Å².